The van der Waals surface area contributed by atoms with Crippen molar-refractivity contribution < 1.29 is 35.9 Å². The van der Waals surface area contributed by atoms with Crippen LogP contribution in [0, 0.1) is 5.92 Å². The molecule has 188 valence electrons. The molecule has 1 aromatic carbocycles. The van der Waals surface area contributed by atoms with E-state index in [0.717, 1.165) is 11.1 Å². The molecule has 3 heterocycles. The lowest BCUT2D eigenvalue weighted by atomic mass is 9.83. The fraction of sp³-hybridized carbons (Fsp3) is 0.571. The zero-order valence-corrected chi connectivity index (χ0v) is 19.1. The number of esters is 1. The standard InChI is InChI=1S/C21H21Cl2F6N3O2/c22-12-5-15(23)14-7-13(31-16(14)6-12)10-32-9-11(8-19(32)1-3-30-4-2-19)17(33)34-18(20(24,25)26)21(27,28)29/h5-7,11,18,30-31H,1-4,8-10H2. The quantitative estimate of drug-likeness (QED) is 0.406. The van der Waals surface area contributed by atoms with Crippen LogP contribution in [0.15, 0.2) is 18.2 Å². The third kappa shape index (κ3) is 5.12. The third-order valence-electron chi connectivity index (χ3n) is 6.50. The highest BCUT2D eigenvalue weighted by molar-refractivity contribution is 6.38. The molecule has 2 aromatic rings. The Bertz CT molecular complexity index is 1050. The number of ether oxygens (including phenoxy) is 1. The second-order valence-corrected chi connectivity index (χ2v) is 9.64. The minimum absolute atomic E-state index is 0.0227. The Balaban J connectivity index is 1.57. The molecule has 0 bridgehead atoms. The van der Waals surface area contributed by atoms with Crippen LogP contribution in [0.5, 0.6) is 0 Å². The summed E-state index contributed by atoms with van der Waals surface area (Å²) in [6, 6.07) is 5.11. The van der Waals surface area contributed by atoms with Crippen molar-refractivity contribution in [3.05, 3.63) is 33.9 Å². The van der Waals surface area contributed by atoms with Gasteiger partial charge in [0, 0.05) is 40.2 Å². The van der Waals surface area contributed by atoms with E-state index in [4.69, 9.17) is 23.2 Å². The molecule has 2 fully saturated rings. The summed E-state index contributed by atoms with van der Waals surface area (Å²) in [4.78, 5) is 17.6. The minimum atomic E-state index is -5.75. The molecule has 1 atom stereocenters. The number of benzene rings is 1. The molecule has 34 heavy (non-hydrogen) atoms. The number of nitrogens with zero attached hydrogens (tertiary/aromatic N) is 1. The molecule has 4 rings (SSSR count). The van der Waals surface area contributed by atoms with E-state index in [9.17, 15) is 31.1 Å². The average molecular weight is 532 g/mol. The summed E-state index contributed by atoms with van der Waals surface area (Å²) in [5.74, 6) is -2.61. The first-order chi connectivity index (χ1) is 15.8. The number of fused-ring (bicyclic) bond motifs is 1. The van der Waals surface area contributed by atoms with Gasteiger partial charge in [-0.15, -0.1) is 0 Å². The molecule has 2 aliphatic rings. The van der Waals surface area contributed by atoms with E-state index in [1.165, 1.54) is 0 Å². The van der Waals surface area contributed by atoms with Gasteiger partial charge in [-0.1, -0.05) is 23.2 Å². The molecular formula is C21H21Cl2F6N3O2. The smallest absolute Gasteiger partial charge is 0.434 e. The van der Waals surface area contributed by atoms with Gasteiger partial charge in [0.05, 0.1) is 10.9 Å². The predicted molar refractivity (Wildman–Crippen MR) is 114 cm³/mol. The van der Waals surface area contributed by atoms with Crippen molar-refractivity contribution in [1.82, 2.24) is 15.2 Å². The van der Waals surface area contributed by atoms with Crippen LogP contribution < -0.4 is 5.32 Å². The van der Waals surface area contributed by atoms with Crippen molar-refractivity contribution in [3.63, 3.8) is 0 Å². The largest absolute Gasteiger partial charge is 0.442 e. The summed E-state index contributed by atoms with van der Waals surface area (Å²) >= 11 is 12.3. The normalized spacial score (nSPS) is 21.6. The molecule has 1 unspecified atom stereocenters. The summed E-state index contributed by atoms with van der Waals surface area (Å²) in [6.45, 7) is 1.50. The molecule has 5 nitrogen and oxygen atoms in total. The van der Waals surface area contributed by atoms with Gasteiger partial charge in [-0.2, -0.15) is 26.3 Å². The van der Waals surface area contributed by atoms with Crippen LogP contribution in [0.25, 0.3) is 10.9 Å². The Hall–Kier alpha value is -1.69. The summed E-state index contributed by atoms with van der Waals surface area (Å²) in [7, 11) is 0. The number of carbonyl (C=O) groups excluding carboxylic acids is 1. The van der Waals surface area contributed by atoms with Crippen molar-refractivity contribution in [2.75, 3.05) is 19.6 Å². The van der Waals surface area contributed by atoms with Crippen LogP contribution in [-0.4, -0.2) is 59.5 Å². The van der Waals surface area contributed by atoms with E-state index in [2.05, 4.69) is 15.0 Å². The Morgan fingerprint density at radius 1 is 1.12 bits per heavy atom. The number of nitrogens with one attached hydrogen (secondary N) is 2. The Morgan fingerprint density at radius 3 is 2.38 bits per heavy atom. The molecule has 13 heteroatoms. The van der Waals surface area contributed by atoms with E-state index >= 15 is 0 Å². The number of H-pyrrole nitrogens is 1. The maximum Gasteiger partial charge on any atom is 0.434 e. The number of aromatic amines is 1. The van der Waals surface area contributed by atoms with Crippen LogP contribution in [-0.2, 0) is 16.1 Å². The van der Waals surface area contributed by atoms with Crippen molar-refractivity contribution in [2.45, 2.75) is 49.8 Å². The minimum Gasteiger partial charge on any atom is -0.442 e. The second kappa shape index (κ2) is 9.07. The topological polar surface area (TPSA) is 57.4 Å². The zero-order valence-electron chi connectivity index (χ0n) is 17.6. The molecule has 1 aromatic heterocycles. The van der Waals surface area contributed by atoms with E-state index in [1.807, 2.05) is 11.0 Å². The van der Waals surface area contributed by atoms with Crippen LogP contribution in [0.1, 0.15) is 25.0 Å². The van der Waals surface area contributed by atoms with Gasteiger partial charge >= 0.3 is 18.3 Å². The van der Waals surface area contributed by atoms with Gasteiger partial charge in [-0.25, -0.2) is 0 Å². The van der Waals surface area contributed by atoms with Gasteiger partial charge in [-0.3, -0.25) is 9.69 Å². The number of likely N-dealkylation sites (tertiary alicyclic amines) is 1. The second-order valence-electron chi connectivity index (χ2n) is 8.80. The van der Waals surface area contributed by atoms with E-state index in [0.29, 0.717) is 48.0 Å². The lowest BCUT2D eigenvalue weighted by molar-refractivity contribution is -0.314. The number of piperidine rings is 1. The molecule has 0 aliphatic carbocycles. The van der Waals surface area contributed by atoms with Gasteiger partial charge in [0.1, 0.15) is 0 Å². The fourth-order valence-electron chi connectivity index (χ4n) is 4.96. The molecule has 0 saturated carbocycles. The molecule has 2 N–H and O–H groups in total. The predicted octanol–water partition coefficient (Wildman–Crippen LogP) is 5.46. The molecule has 0 amide bonds. The van der Waals surface area contributed by atoms with Crippen molar-refractivity contribution in [3.8, 4) is 0 Å². The van der Waals surface area contributed by atoms with Crippen LogP contribution in [0.4, 0.5) is 26.3 Å². The highest BCUT2D eigenvalue weighted by atomic mass is 35.5. The van der Waals surface area contributed by atoms with Crippen molar-refractivity contribution in [1.29, 1.82) is 0 Å². The molecule has 0 radical (unpaired) electrons. The van der Waals surface area contributed by atoms with Crippen molar-refractivity contribution >= 4 is 40.1 Å². The first kappa shape index (κ1) is 25.4. The maximum absolute atomic E-state index is 12.9. The van der Waals surface area contributed by atoms with Crippen molar-refractivity contribution in [2.24, 2.45) is 5.92 Å². The van der Waals surface area contributed by atoms with E-state index in [-0.39, 0.29) is 13.0 Å². The SMILES string of the molecule is O=C(OC(C(F)(F)F)C(F)(F)F)C1CN(Cc2cc3c(Cl)cc(Cl)cc3[nH]2)C2(CCNCC2)C1. The Morgan fingerprint density at radius 2 is 1.76 bits per heavy atom. The zero-order chi connectivity index (χ0) is 24.9. The van der Waals surface area contributed by atoms with Crippen LogP contribution in [0.3, 0.4) is 0 Å². The van der Waals surface area contributed by atoms with Gasteiger partial charge in [0.2, 0.25) is 0 Å². The summed E-state index contributed by atoms with van der Waals surface area (Å²) in [5, 5.41) is 4.80. The van der Waals surface area contributed by atoms with E-state index in [1.54, 1.807) is 12.1 Å². The van der Waals surface area contributed by atoms with Gasteiger partial charge in [0.15, 0.2) is 0 Å². The number of rotatable bonds is 4. The maximum atomic E-state index is 12.9. The monoisotopic (exact) mass is 531 g/mol. The van der Waals surface area contributed by atoms with Gasteiger partial charge in [0.25, 0.3) is 6.10 Å². The lowest BCUT2D eigenvalue weighted by Crippen LogP contribution is -2.50. The van der Waals surface area contributed by atoms with Crippen LogP contribution >= 0.6 is 23.2 Å². The molecule has 2 saturated heterocycles. The number of hydrogen-bond donors (Lipinski definition) is 2. The number of hydrogen-bond acceptors (Lipinski definition) is 4. The highest BCUT2D eigenvalue weighted by Crippen LogP contribution is 2.43. The summed E-state index contributed by atoms with van der Waals surface area (Å²) in [5.41, 5.74) is 0.870. The molecule has 1 spiro atoms. The average Bonchev–Trinajstić information content (AvgIpc) is 3.27. The molecule has 2 aliphatic heterocycles. The number of halogens is 8. The first-order valence-corrected chi connectivity index (χ1v) is 11.3. The fourth-order valence-corrected chi connectivity index (χ4v) is 5.50. The van der Waals surface area contributed by atoms with Gasteiger partial charge < -0.3 is 15.0 Å². The van der Waals surface area contributed by atoms with E-state index < -0.39 is 35.9 Å². The van der Waals surface area contributed by atoms with Crippen LogP contribution in [0.2, 0.25) is 10.0 Å². The molecular weight excluding hydrogens is 511 g/mol. The number of alkyl halides is 6. The summed E-state index contributed by atoms with van der Waals surface area (Å²) in [6.07, 6.45) is -14.3. The van der Waals surface area contributed by atoms with Gasteiger partial charge in [-0.05, 0) is 50.6 Å². The number of aromatic nitrogens is 1. The Labute approximate surface area is 200 Å². The first-order valence-electron chi connectivity index (χ1n) is 10.5. The lowest BCUT2D eigenvalue weighted by Gasteiger charge is -2.41. The highest BCUT2D eigenvalue weighted by Gasteiger charge is 2.61. The Kier molecular flexibility index (Phi) is 6.78. The summed E-state index contributed by atoms with van der Waals surface area (Å²) < 4.78 is 81.4. The third-order valence-corrected chi connectivity index (χ3v) is 7.03. The number of carbonyl (C=O) groups is 1.